The highest BCUT2D eigenvalue weighted by molar-refractivity contribution is 7.16. The molecule has 10 nitrogen and oxygen atoms in total. The van der Waals surface area contributed by atoms with Gasteiger partial charge in [-0.25, -0.2) is 4.79 Å². The van der Waals surface area contributed by atoms with Crippen LogP contribution in [-0.4, -0.2) is 49.7 Å². The number of benzene rings is 1. The van der Waals surface area contributed by atoms with Crippen LogP contribution in [0.4, 0.5) is 16.4 Å². The van der Waals surface area contributed by atoms with Gasteiger partial charge in [-0.1, -0.05) is 6.07 Å². The van der Waals surface area contributed by atoms with Crippen molar-refractivity contribution < 1.29 is 24.0 Å². The van der Waals surface area contributed by atoms with E-state index in [4.69, 9.17) is 9.47 Å². The van der Waals surface area contributed by atoms with Gasteiger partial charge >= 0.3 is 5.97 Å². The van der Waals surface area contributed by atoms with Gasteiger partial charge in [0.1, 0.15) is 22.3 Å². The van der Waals surface area contributed by atoms with Crippen molar-refractivity contribution in [2.45, 2.75) is 20.8 Å². The molecule has 1 aliphatic rings. The largest absolute Gasteiger partial charge is 0.462 e. The Bertz CT molecular complexity index is 1190. The lowest BCUT2D eigenvalue weighted by atomic mass is 10.1. The number of nitrogens with one attached hydrogen (secondary N) is 1. The summed E-state index contributed by atoms with van der Waals surface area (Å²) in [5.74, 6) is -1.29. The van der Waals surface area contributed by atoms with Crippen LogP contribution < -0.4 is 10.2 Å². The van der Waals surface area contributed by atoms with Gasteiger partial charge in [0.25, 0.3) is 11.6 Å². The Morgan fingerprint density at radius 3 is 2.68 bits per heavy atom. The number of aryl methyl sites for hydroxylation is 1. The number of carbonyl (C=O) groups excluding carboxylic acids is 2. The first-order valence-corrected chi connectivity index (χ1v) is 11.4. The molecule has 2 aromatic rings. The maximum atomic E-state index is 12.8. The molecule has 1 aromatic heterocycles. The SMILES string of the molecule is CCOC(=O)c1c(NC(=O)/C(C#N)=C\c2ccc(N3CCOCC3)c([N+](=O)[O-])c2)sc(C)c1C. The zero-order valence-electron chi connectivity index (χ0n) is 19.0. The minimum atomic E-state index is -0.728. The summed E-state index contributed by atoms with van der Waals surface area (Å²) >= 11 is 1.21. The zero-order valence-corrected chi connectivity index (χ0v) is 19.9. The molecule has 2 heterocycles. The fraction of sp³-hybridized carbons (Fsp3) is 0.348. The van der Waals surface area contributed by atoms with Crippen LogP contribution >= 0.6 is 11.3 Å². The van der Waals surface area contributed by atoms with Crippen molar-refractivity contribution >= 4 is 45.7 Å². The Hall–Kier alpha value is -3.75. The molecule has 0 aliphatic carbocycles. The van der Waals surface area contributed by atoms with E-state index in [9.17, 15) is 25.0 Å². The molecule has 1 aliphatic heterocycles. The lowest BCUT2D eigenvalue weighted by molar-refractivity contribution is -0.384. The summed E-state index contributed by atoms with van der Waals surface area (Å²) in [6, 6.07) is 6.39. The first kappa shape index (κ1) is 24.9. The van der Waals surface area contributed by atoms with E-state index in [1.165, 1.54) is 23.5 Å². The van der Waals surface area contributed by atoms with Gasteiger partial charge in [0.2, 0.25) is 0 Å². The van der Waals surface area contributed by atoms with E-state index in [2.05, 4.69) is 5.32 Å². The number of nitrogens with zero attached hydrogens (tertiary/aromatic N) is 3. The summed E-state index contributed by atoms with van der Waals surface area (Å²) in [6.07, 6.45) is 1.28. The summed E-state index contributed by atoms with van der Waals surface area (Å²) in [5, 5.41) is 24.1. The summed E-state index contributed by atoms with van der Waals surface area (Å²) < 4.78 is 10.4. The summed E-state index contributed by atoms with van der Waals surface area (Å²) in [7, 11) is 0. The van der Waals surface area contributed by atoms with Crippen molar-refractivity contribution in [2.75, 3.05) is 43.1 Å². The number of rotatable bonds is 7. The van der Waals surface area contributed by atoms with Crippen LogP contribution in [0.5, 0.6) is 0 Å². The van der Waals surface area contributed by atoms with Gasteiger partial charge in [-0.3, -0.25) is 14.9 Å². The Balaban J connectivity index is 1.90. The Morgan fingerprint density at radius 1 is 1.35 bits per heavy atom. The topological polar surface area (TPSA) is 135 Å². The number of hydrogen-bond donors (Lipinski definition) is 1. The molecule has 0 radical (unpaired) electrons. The lowest BCUT2D eigenvalue weighted by Crippen LogP contribution is -2.36. The van der Waals surface area contributed by atoms with Crippen LogP contribution in [-0.2, 0) is 14.3 Å². The molecule has 1 N–H and O–H groups in total. The molecule has 34 heavy (non-hydrogen) atoms. The standard InChI is InChI=1S/C23H24N4O6S/c1-4-33-23(29)20-14(2)15(3)34-22(20)25-21(28)17(13-24)11-16-5-6-18(19(12-16)27(30)31)26-7-9-32-10-8-26/h5-6,11-12H,4,7-10H2,1-3H3,(H,25,28)/b17-11-. The molecule has 0 spiro atoms. The Kier molecular flexibility index (Phi) is 7.99. The van der Waals surface area contributed by atoms with E-state index >= 15 is 0 Å². The second-order valence-electron chi connectivity index (χ2n) is 7.44. The third-order valence-electron chi connectivity index (χ3n) is 5.32. The van der Waals surface area contributed by atoms with E-state index in [0.29, 0.717) is 43.1 Å². The van der Waals surface area contributed by atoms with Crippen LogP contribution in [0.25, 0.3) is 6.08 Å². The molecule has 178 valence electrons. The first-order valence-electron chi connectivity index (χ1n) is 10.6. The minimum Gasteiger partial charge on any atom is -0.462 e. The van der Waals surface area contributed by atoms with Crippen LogP contribution in [0.15, 0.2) is 23.8 Å². The summed E-state index contributed by atoms with van der Waals surface area (Å²) in [5.41, 5.74) is 1.35. The molecule has 0 atom stereocenters. The van der Waals surface area contributed by atoms with Crippen LogP contribution in [0.2, 0.25) is 0 Å². The molecule has 1 aromatic carbocycles. The van der Waals surface area contributed by atoms with E-state index in [1.54, 1.807) is 26.0 Å². The summed E-state index contributed by atoms with van der Waals surface area (Å²) in [4.78, 5) is 39.1. The van der Waals surface area contributed by atoms with Crippen molar-refractivity contribution in [1.82, 2.24) is 0 Å². The first-order chi connectivity index (χ1) is 16.3. The maximum absolute atomic E-state index is 12.8. The zero-order chi connectivity index (χ0) is 24.8. The number of thiophene rings is 1. The lowest BCUT2D eigenvalue weighted by Gasteiger charge is -2.28. The van der Waals surface area contributed by atoms with Gasteiger partial charge in [-0.05, 0) is 44.0 Å². The Labute approximate surface area is 200 Å². The van der Waals surface area contributed by atoms with Gasteiger partial charge in [0, 0.05) is 24.0 Å². The van der Waals surface area contributed by atoms with Crippen LogP contribution in [0.1, 0.15) is 33.3 Å². The maximum Gasteiger partial charge on any atom is 0.341 e. The number of ether oxygens (including phenoxy) is 2. The third kappa shape index (κ3) is 5.41. The van der Waals surface area contributed by atoms with Gasteiger partial charge in [0.05, 0.1) is 30.3 Å². The molecule has 1 saturated heterocycles. The molecule has 1 amide bonds. The van der Waals surface area contributed by atoms with Crippen molar-refractivity contribution in [1.29, 1.82) is 5.26 Å². The molecule has 0 bridgehead atoms. The molecule has 1 fully saturated rings. The van der Waals surface area contributed by atoms with Gasteiger partial charge in [-0.15, -0.1) is 11.3 Å². The van der Waals surface area contributed by atoms with E-state index in [-0.39, 0.29) is 28.4 Å². The fourth-order valence-electron chi connectivity index (χ4n) is 3.50. The minimum absolute atomic E-state index is 0.123. The Morgan fingerprint density at radius 2 is 2.06 bits per heavy atom. The number of nitriles is 1. The number of hydrogen-bond acceptors (Lipinski definition) is 9. The number of anilines is 2. The number of esters is 1. The second kappa shape index (κ2) is 10.9. The van der Waals surface area contributed by atoms with Gasteiger partial charge in [-0.2, -0.15) is 5.26 Å². The monoisotopic (exact) mass is 484 g/mol. The third-order valence-corrected chi connectivity index (χ3v) is 6.44. The molecular weight excluding hydrogens is 460 g/mol. The van der Waals surface area contributed by atoms with Crippen molar-refractivity contribution in [2.24, 2.45) is 0 Å². The molecule has 11 heteroatoms. The number of morpholine rings is 1. The van der Waals surface area contributed by atoms with E-state index < -0.39 is 16.8 Å². The predicted octanol–water partition coefficient (Wildman–Crippen LogP) is 3.83. The van der Waals surface area contributed by atoms with Crippen molar-refractivity contribution in [3.63, 3.8) is 0 Å². The average Bonchev–Trinajstić information content (AvgIpc) is 3.10. The quantitative estimate of drug-likeness (QED) is 0.206. The normalized spacial score (nSPS) is 13.8. The fourth-order valence-corrected chi connectivity index (χ4v) is 4.54. The van der Waals surface area contributed by atoms with E-state index in [0.717, 1.165) is 4.88 Å². The predicted molar refractivity (Wildman–Crippen MR) is 128 cm³/mol. The number of nitro groups is 1. The highest BCUT2D eigenvalue weighted by Gasteiger charge is 2.24. The average molecular weight is 485 g/mol. The molecular formula is C23H24N4O6S. The smallest absolute Gasteiger partial charge is 0.341 e. The van der Waals surface area contributed by atoms with Gasteiger partial charge < -0.3 is 19.7 Å². The van der Waals surface area contributed by atoms with Crippen LogP contribution in [0, 0.1) is 35.3 Å². The van der Waals surface area contributed by atoms with E-state index in [1.807, 2.05) is 17.9 Å². The molecule has 3 rings (SSSR count). The highest BCUT2D eigenvalue weighted by Crippen LogP contribution is 2.34. The van der Waals surface area contributed by atoms with Crippen molar-refractivity contribution in [3.8, 4) is 6.07 Å². The molecule has 0 unspecified atom stereocenters. The second-order valence-corrected chi connectivity index (χ2v) is 8.66. The number of amides is 1. The number of nitro benzene ring substituents is 1. The number of carbonyl (C=O) groups is 2. The van der Waals surface area contributed by atoms with Crippen molar-refractivity contribution in [3.05, 3.63) is 55.5 Å². The van der Waals surface area contributed by atoms with Crippen LogP contribution in [0.3, 0.4) is 0 Å². The van der Waals surface area contributed by atoms with Gasteiger partial charge in [0.15, 0.2) is 0 Å². The highest BCUT2D eigenvalue weighted by atomic mass is 32.1. The molecule has 0 saturated carbocycles. The summed E-state index contributed by atoms with van der Waals surface area (Å²) in [6.45, 7) is 7.46.